The minimum Gasteiger partial charge on any atom is -0.494 e. The summed E-state index contributed by atoms with van der Waals surface area (Å²) in [7, 11) is 1.46. The molecule has 0 atom stereocenters. The van der Waals surface area contributed by atoms with Gasteiger partial charge in [-0.3, -0.25) is 34.1 Å². The first-order valence-corrected chi connectivity index (χ1v) is 21.5. The van der Waals surface area contributed by atoms with E-state index in [1.165, 1.54) is 42.2 Å². The first kappa shape index (κ1) is 44.5. The number of aromatic nitrogens is 7. The average molecular weight is 884 g/mol. The lowest BCUT2D eigenvalue weighted by molar-refractivity contribution is 0.0358. The molecule has 1 fully saturated rings. The molecule has 2 aromatic carbocycles. The Morgan fingerprint density at radius 2 is 1.57 bits per heavy atom. The van der Waals surface area contributed by atoms with Crippen molar-refractivity contribution in [3.05, 3.63) is 86.2 Å². The lowest BCUT2D eigenvalue weighted by Crippen LogP contribution is -2.37. The summed E-state index contributed by atoms with van der Waals surface area (Å²) < 4.78 is 37.7. The third-order valence-corrected chi connectivity index (χ3v) is 11.7. The summed E-state index contributed by atoms with van der Waals surface area (Å²) in [5, 5.41) is 7.88. The van der Waals surface area contributed by atoms with Gasteiger partial charge in [0.1, 0.15) is 38.9 Å². The highest BCUT2D eigenvalue weighted by molar-refractivity contribution is 7.13. The molecule has 5 N–H and O–H groups in total. The fourth-order valence-electron chi connectivity index (χ4n) is 7.65. The Morgan fingerprint density at radius 1 is 0.921 bits per heavy atom. The molecule has 0 aliphatic carbocycles. The molecule has 1 aliphatic rings. The summed E-state index contributed by atoms with van der Waals surface area (Å²) in [5.74, 6) is -1.87. The van der Waals surface area contributed by atoms with Crippen molar-refractivity contribution in [3.63, 3.8) is 0 Å². The van der Waals surface area contributed by atoms with E-state index >= 15 is 4.39 Å². The molecule has 0 radical (unpaired) electrons. The summed E-state index contributed by atoms with van der Waals surface area (Å²) in [5.41, 5.74) is 14.1. The third-order valence-electron chi connectivity index (χ3n) is 10.7. The predicted molar refractivity (Wildman–Crippen MR) is 234 cm³/mol. The number of thiazole rings is 1. The van der Waals surface area contributed by atoms with Crippen LogP contribution in [0.3, 0.4) is 0 Å². The van der Waals surface area contributed by atoms with Gasteiger partial charge in [0, 0.05) is 50.4 Å². The van der Waals surface area contributed by atoms with E-state index in [9.17, 15) is 19.2 Å². The van der Waals surface area contributed by atoms with Crippen LogP contribution in [0.2, 0.25) is 0 Å². The highest BCUT2D eigenvalue weighted by Gasteiger charge is 2.26. The zero-order chi connectivity index (χ0) is 44.9. The van der Waals surface area contributed by atoms with Crippen LogP contribution in [0.1, 0.15) is 83.4 Å². The lowest BCUT2D eigenvalue weighted by Gasteiger charge is -2.26. The van der Waals surface area contributed by atoms with Crippen LogP contribution < -0.4 is 26.3 Å². The summed E-state index contributed by atoms with van der Waals surface area (Å²) >= 11 is 1.28. The number of halogens is 1. The number of morpholine rings is 1. The third kappa shape index (κ3) is 9.47. The van der Waals surface area contributed by atoms with E-state index in [4.69, 9.17) is 35.6 Å². The number of methoxy groups -OCH3 is 1. The van der Waals surface area contributed by atoms with Gasteiger partial charge in [0.2, 0.25) is 17.8 Å². The van der Waals surface area contributed by atoms with Gasteiger partial charge in [-0.2, -0.15) is 5.10 Å². The van der Waals surface area contributed by atoms with Gasteiger partial charge >= 0.3 is 0 Å². The SMILES string of the molecule is CCc1nc(C)sc1C(=O)Nc1nc2cc(C(N)=O)cc(OC)c2n1C/C=C/Cn1c(CC(=O)c2c(F)c(C)nn2CC)nc2cc(C(N)=O)cc(OCCCN3CCOCC3)c21. The Bertz CT molecular complexity index is 2750. The zero-order valence-corrected chi connectivity index (χ0v) is 36.6. The number of hydrogen-bond donors (Lipinski definition) is 3. The molecule has 63 heavy (non-hydrogen) atoms. The number of ketones is 1. The van der Waals surface area contributed by atoms with Crippen molar-refractivity contribution in [3.8, 4) is 11.5 Å². The van der Waals surface area contributed by atoms with Crippen LogP contribution in [0.5, 0.6) is 11.5 Å². The van der Waals surface area contributed by atoms with Crippen molar-refractivity contribution in [1.82, 2.24) is 38.8 Å². The molecular weight excluding hydrogens is 834 g/mol. The maximum absolute atomic E-state index is 15.3. The maximum atomic E-state index is 15.3. The van der Waals surface area contributed by atoms with Gasteiger partial charge in [-0.1, -0.05) is 19.1 Å². The number of amides is 3. The van der Waals surface area contributed by atoms with Crippen LogP contribution >= 0.6 is 11.3 Å². The Kier molecular flexibility index (Phi) is 13.6. The predicted octanol–water partition coefficient (Wildman–Crippen LogP) is 4.62. The number of hydrogen-bond acceptors (Lipinski definition) is 13. The summed E-state index contributed by atoms with van der Waals surface area (Å²) in [6.07, 6.45) is 4.61. The van der Waals surface area contributed by atoms with Crippen molar-refractivity contribution in [2.75, 3.05) is 51.9 Å². The number of Topliss-reactive ketones (excluding diaryl/α,β-unsaturated/α-hetero) is 1. The molecule has 0 saturated carbocycles. The number of nitrogens with zero attached hydrogens (tertiary/aromatic N) is 8. The van der Waals surface area contributed by atoms with E-state index in [-0.39, 0.29) is 60.3 Å². The molecule has 4 aromatic heterocycles. The number of carbonyl (C=O) groups is 4. The van der Waals surface area contributed by atoms with E-state index in [2.05, 4.69) is 20.3 Å². The van der Waals surface area contributed by atoms with Crippen molar-refractivity contribution in [2.45, 2.75) is 66.6 Å². The van der Waals surface area contributed by atoms with E-state index < -0.39 is 29.3 Å². The highest BCUT2D eigenvalue weighted by Crippen LogP contribution is 2.33. The first-order chi connectivity index (χ1) is 30.3. The van der Waals surface area contributed by atoms with Gasteiger partial charge < -0.3 is 34.8 Å². The normalized spacial score (nSPS) is 13.4. The number of nitrogens with one attached hydrogen (secondary N) is 1. The Labute approximate surface area is 366 Å². The average Bonchev–Trinajstić information content (AvgIpc) is 4.01. The number of nitrogens with two attached hydrogens (primary N) is 2. The van der Waals surface area contributed by atoms with Crippen LogP contribution in [0.25, 0.3) is 22.1 Å². The number of ether oxygens (including phenoxy) is 3. The second-order valence-electron chi connectivity index (χ2n) is 14.9. The molecule has 0 spiro atoms. The fourth-order valence-corrected chi connectivity index (χ4v) is 8.55. The number of fused-ring (bicyclic) bond motifs is 2. The van der Waals surface area contributed by atoms with Gasteiger partial charge in [0.25, 0.3) is 5.91 Å². The first-order valence-electron chi connectivity index (χ1n) is 20.6. The smallest absolute Gasteiger partial charge is 0.269 e. The molecule has 0 bridgehead atoms. The fraction of sp³-hybridized carbons (Fsp3) is 0.395. The van der Waals surface area contributed by atoms with Gasteiger partial charge in [-0.15, -0.1) is 11.3 Å². The molecule has 7 rings (SSSR count). The molecular formula is C43H50FN11O7S. The molecule has 332 valence electrons. The Hall–Kier alpha value is -6.51. The quantitative estimate of drug-likeness (QED) is 0.0575. The molecule has 20 heteroatoms. The minimum absolute atomic E-state index is 0.105. The van der Waals surface area contributed by atoms with Crippen LogP contribution in [-0.2, 0) is 37.2 Å². The van der Waals surface area contributed by atoms with Gasteiger partial charge in [-0.25, -0.2) is 19.3 Å². The number of carbonyl (C=O) groups excluding carboxylic acids is 4. The van der Waals surface area contributed by atoms with Crippen LogP contribution in [0.4, 0.5) is 10.3 Å². The second-order valence-corrected chi connectivity index (χ2v) is 16.1. The lowest BCUT2D eigenvalue weighted by atomic mass is 10.1. The molecule has 6 aromatic rings. The van der Waals surface area contributed by atoms with E-state index in [0.29, 0.717) is 76.8 Å². The largest absolute Gasteiger partial charge is 0.494 e. The zero-order valence-electron chi connectivity index (χ0n) is 35.8. The molecule has 18 nitrogen and oxygen atoms in total. The number of allylic oxidation sites excluding steroid dienone is 2. The second kappa shape index (κ2) is 19.3. The van der Waals surface area contributed by atoms with Crippen molar-refractivity contribution < 1.29 is 37.8 Å². The summed E-state index contributed by atoms with van der Waals surface area (Å²) in [4.78, 5) is 69.2. The van der Waals surface area contributed by atoms with Gasteiger partial charge in [-0.05, 0) is 57.9 Å². The van der Waals surface area contributed by atoms with Crippen molar-refractivity contribution in [2.24, 2.45) is 11.5 Å². The summed E-state index contributed by atoms with van der Waals surface area (Å²) in [6, 6.07) is 6.15. The van der Waals surface area contributed by atoms with E-state index in [1.807, 2.05) is 26.0 Å². The molecule has 3 amide bonds. The number of aryl methyl sites for hydroxylation is 4. The highest BCUT2D eigenvalue weighted by atomic mass is 32.1. The Morgan fingerprint density at radius 3 is 2.22 bits per heavy atom. The number of imidazole rings is 2. The summed E-state index contributed by atoms with van der Waals surface area (Å²) in [6.45, 7) is 11.7. The van der Waals surface area contributed by atoms with E-state index in [0.717, 1.165) is 24.6 Å². The van der Waals surface area contributed by atoms with Gasteiger partial charge in [0.05, 0.1) is 60.8 Å². The maximum Gasteiger partial charge on any atom is 0.269 e. The number of benzene rings is 2. The van der Waals surface area contributed by atoms with Crippen LogP contribution in [-0.4, -0.2) is 109 Å². The monoisotopic (exact) mass is 883 g/mol. The molecule has 0 unspecified atom stereocenters. The Balaban J connectivity index is 1.26. The molecule has 1 saturated heterocycles. The van der Waals surface area contributed by atoms with Crippen molar-refractivity contribution >= 4 is 62.9 Å². The van der Waals surface area contributed by atoms with Crippen LogP contribution in [0, 0.1) is 19.7 Å². The number of rotatable bonds is 19. The minimum atomic E-state index is -0.699. The van der Waals surface area contributed by atoms with E-state index in [1.54, 1.807) is 28.2 Å². The number of primary amides is 2. The van der Waals surface area contributed by atoms with Gasteiger partial charge in [0.15, 0.2) is 11.6 Å². The molecule has 1 aliphatic heterocycles. The standard InChI is InChI=1S/C43H50FN11O7S/c1-6-28-39(63-25(4)47-28)42(59)50-43-49-30-20-26(40(45)57)21-32(60-5)36(30)54(43)13-9-8-12-53-34(23-31(56)38-35(44)24(3)51-55(38)7-2)48-29-19-27(41(46)58)22-33(37(29)53)62-16-10-11-52-14-17-61-18-15-52/h8-9,19-22H,6-7,10-18,23H2,1-5H3,(H2,45,57)(H2,46,58)(H,49,50,59)/b9-8+. The van der Waals surface area contributed by atoms with Crippen LogP contribution in [0.15, 0.2) is 36.4 Å². The topological polar surface area (TPSA) is 230 Å². The molecule has 5 heterocycles. The number of anilines is 1. The van der Waals surface area contributed by atoms with Crippen molar-refractivity contribution in [1.29, 1.82) is 0 Å².